The van der Waals surface area contributed by atoms with Gasteiger partial charge < -0.3 is 35.6 Å². The smallest absolute Gasteiger partial charge is 0.407 e. The summed E-state index contributed by atoms with van der Waals surface area (Å²) in [4.78, 5) is 126. The molecule has 7 amide bonds. The summed E-state index contributed by atoms with van der Waals surface area (Å²) in [6.07, 6.45) is 1.11. The number of hydroxylamine groups is 2. The highest BCUT2D eigenvalue weighted by atomic mass is 16.7. The zero-order chi connectivity index (χ0) is 55.6. The van der Waals surface area contributed by atoms with Crippen LogP contribution in [0.4, 0.5) is 4.79 Å². The fourth-order valence-electron chi connectivity index (χ4n) is 8.16. The van der Waals surface area contributed by atoms with Crippen LogP contribution in [-0.4, -0.2) is 113 Å². The highest BCUT2D eigenvalue weighted by molar-refractivity contribution is 6.03. The third kappa shape index (κ3) is 18.1. The second-order valence-corrected chi connectivity index (χ2v) is 20.6. The molecule has 1 saturated heterocycles. The Bertz CT molecular complexity index is 2640. The zero-order valence-electron chi connectivity index (χ0n) is 44.4. The molecule has 20 heteroatoms. The van der Waals surface area contributed by atoms with E-state index in [0.29, 0.717) is 24.3 Å². The van der Waals surface area contributed by atoms with Crippen molar-refractivity contribution in [2.24, 2.45) is 10.8 Å². The monoisotopic (exact) mass is 1050 g/mol. The van der Waals surface area contributed by atoms with Crippen LogP contribution >= 0.6 is 0 Å². The second-order valence-electron chi connectivity index (χ2n) is 20.6. The number of hydrogen-bond donors (Lipinski definition) is 5. The van der Waals surface area contributed by atoms with Crippen LogP contribution in [0.1, 0.15) is 119 Å². The topological polar surface area (TPSA) is 261 Å². The molecule has 5 rings (SSSR count). The predicted octanol–water partition coefficient (Wildman–Crippen LogP) is 5.75. The molecule has 3 aromatic carbocycles. The van der Waals surface area contributed by atoms with Gasteiger partial charge in [0.2, 0.25) is 11.8 Å². The molecule has 406 valence electrons. The number of hydrazine groups is 1. The quantitative estimate of drug-likeness (QED) is 0.0242. The molecule has 1 aliphatic heterocycles. The maximum atomic E-state index is 14.4. The Morgan fingerprint density at radius 2 is 1.32 bits per heavy atom. The van der Waals surface area contributed by atoms with Crippen LogP contribution in [0.2, 0.25) is 0 Å². The number of carbonyl (C=O) groups is 9. The Morgan fingerprint density at radius 1 is 0.697 bits per heavy atom. The Hall–Kier alpha value is -8.00. The number of rotatable bonds is 24. The molecule has 0 radical (unpaired) electrons. The number of amides is 7. The number of pyridine rings is 1. The Morgan fingerprint density at radius 3 is 1.91 bits per heavy atom. The molecular formula is C56H70N8O12. The molecule has 4 atom stereocenters. The van der Waals surface area contributed by atoms with Crippen molar-refractivity contribution in [2.75, 3.05) is 20.2 Å². The standard InChI is InChI=1S/C56H70N8O12/c1-36(65)59-49(56(5,6)7)52(71)62-63(34-38-21-23-39(24-22-38)42-19-14-16-31-57-42)35-44(43(33-37-17-11-9-12-18-37)60-51(70)48(55(2,3)4)61-54(73)74-8)75-47(68)20-13-10-15-32-58-50(69)40-25-27-41(28-26-40)53(72)76-64-45(66)29-30-46(64)67/h9,11-12,14,16-19,21-28,31,43-44,48-49H,10,13,15,20,29-30,32-35H2,1-8H3,(H,58,69)(H,59,65)(H,60,70)(H,61,73)(H,62,71)/t43-,44-,48+,49+/m0/s1. The number of nitrogens with zero attached hydrogens (tertiary/aromatic N) is 3. The third-order valence-electron chi connectivity index (χ3n) is 12.3. The molecule has 4 aromatic rings. The minimum atomic E-state index is -1.14. The van der Waals surface area contributed by atoms with E-state index in [1.54, 1.807) is 32.0 Å². The van der Waals surface area contributed by atoms with Crippen LogP contribution in [0.5, 0.6) is 0 Å². The first-order valence-electron chi connectivity index (χ1n) is 25.2. The van der Waals surface area contributed by atoms with Crippen molar-refractivity contribution in [1.29, 1.82) is 0 Å². The summed E-state index contributed by atoms with van der Waals surface area (Å²) < 4.78 is 11.2. The number of benzene rings is 3. The summed E-state index contributed by atoms with van der Waals surface area (Å²) in [7, 11) is 1.19. The number of methoxy groups -OCH3 is 1. The molecule has 0 saturated carbocycles. The lowest BCUT2D eigenvalue weighted by Gasteiger charge is -2.37. The van der Waals surface area contributed by atoms with Gasteiger partial charge in [-0.15, -0.1) is 5.06 Å². The van der Waals surface area contributed by atoms with E-state index in [4.69, 9.17) is 14.3 Å². The molecule has 1 fully saturated rings. The number of hydrogen-bond acceptors (Lipinski definition) is 14. The van der Waals surface area contributed by atoms with E-state index < -0.39 is 88.5 Å². The molecule has 5 N–H and O–H groups in total. The van der Waals surface area contributed by atoms with Crippen molar-refractivity contribution in [3.63, 3.8) is 0 Å². The van der Waals surface area contributed by atoms with Gasteiger partial charge in [0.25, 0.3) is 23.6 Å². The predicted molar refractivity (Wildman–Crippen MR) is 280 cm³/mol. The number of carbonyl (C=O) groups excluding carboxylic acids is 9. The summed E-state index contributed by atoms with van der Waals surface area (Å²) in [6, 6.07) is 24.9. The molecule has 1 aliphatic rings. The summed E-state index contributed by atoms with van der Waals surface area (Å²) in [5, 5.41) is 13.4. The summed E-state index contributed by atoms with van der Waals surface area (Å²) in [5.74, 6) is -4.67. The van der Waals surface area contributed by atoms with Crippen LogP contribution < -0.4 is 26.7 Å². The maximum absolute atomic E-state index is 14.4. The van der Waals surface area contributed by atoms with Gasteiger partial charge in [-0.3, -0.25) is 44.0 Å². The van der Waals surface area contributed by atoms with E-state index in [1.165, 1.54) is 38.3 Å². The molecule has 76 heavy (non-hydrogen) atoms. The Kier molecular flexibility index (Phi) is 21.3. The van der Waals surface area contributed by atoms with Crippen molar-refractivity contribution < 1.29 is 57.5 Å². The van der Waals surface area contributed by atoms with Gasteiger partial charge in [0.05, 0.1) is 31.0 Å². The van der Waals surface area contributed by atoms with Gasteiger partial charge in [-0.2, -0.15) is 0 Å². The fourth-order valence-corrected chi connectivity index (χ4v) is 8.16. The van der Waals surface area contributed by atoms with E-state index in [0.717, 1.165) is 22.4 Å². The Labute approximate surface area is 443 Å². The fraction of sp³-hybridized carbons (Fsp3) is 0.429. The lowest BCUT2D eigenvalue weighted by atomic mass is 9.85. The molecular weight excluding hydrogens is 977 g/mol. The number of aromatic nitrogens is 1. The van der Waals surface area contributed by atoms with E-state index in [2.05, 4.69) is 31.7 Å². The molecule has 0 unspecified atom stereocenters. The molecule has 0 aliphatic carbocycles. The van der Waals surface area contributed by atoms with Gasteiger partial charge in [-0.05, 0) is 77.6 Å². The van der Waals surface area contributed by atoms with Crippen LogP contribution in [0.3, 0.4) is 0 Å². The molecule has 0 bridgehead atoms. The molecule has 2 heterocycles. The maximum Gasteiger partial charge on any atom is 0.407 e. The third-order valence-corrected chi connectivity index (χ3v) is 12.3. The van der Waals surface area contributed by atoms with Gasteiger partial charge in [0, 0.05) is 56.6 Å². The number of esters is 1. The average Bonchev–Trinajstić information content (AvgIpc) is 3.69. The number of nitrogens with one attached hydrogen (secondary N) is 5. The van der Waals surface area contributed by atoms with Crippen LogP contribution in [0, 0.1) is 10.8 Å². The highest BCUT2D eigenvalue weighted by Gasteiger charge is 2.39. The SMILES string of the molecule is COC(=O)N[C@H](C(=O)N[C@@H](Cc1ccccc1)[C@H](CN(Cc1ccc(-c2ccccn2)cc1)NC(=O)[C@@H](NC(C)=O)C(C)(C)C)OC(=O)CCCCCNC(=O)c1ccc(C(=O)ON2C(=O)CCC2=O)cc1)C(C)(C)C. The number of ether oxygens (including phenoxy) is 2. The first kappa shape index (κ1) is 58.9. The van der Waals surface area contributed by atoms with E-state index in [1.807, 2.05) is 93.6 Å². The van der Waals surface area contributed by atoms with E-state index in [9.17, 15) is 43.2 Å². The number of alkyl carbamates (subject to hydrolysis) is 1. The summed E-state index contributed by atoms with van der Waals surface area (Å²) in [6.45, 7) is 12.3. The first-order valence-corrected chi connectivity index (χ1v) is 25.2. The van der Waals surface area contributed by atoms with Gasteiger partial charge >= 0.3 is 18.0 Å². The van der Waals surface area contributed by atoms with Gasteiger partial charge in [0.1, 0.15) is 18.2 Å². The second kappa shape index (κ2) is 27.5. The molecule has 20 nitrogen and oxygen atoms in total. The van der Waals surface area contributed by atoms with Crippen LogP contribution in [-0.2, 0) is 56.0 Å². The van der Waals surface area contributed by atoms with Crippen molar-refractivity contribution in [3.8, 4) is 11.3 Å². The highest BCUT2D eigenvalue weighted by Crippen LogP contribution is 2.24. The average molecular weight is 1050 g/mol. The number of imide groups is 1. The van der Waals surface area contributed by atoms with Crippen molar-refractivity contribution in [2.45, 2.75) is 124 Å². The van der Waals surface area contributed by atoms with Crippen LogP contribution in [0.25, 0.3) is 11.3 Å². The van der Waals surface area contributed by atoms with Crippen molar-refractivity contribution >= 4 is 53.5 Å². The lowest BCUT2D eigenvalue weighted by molar-refractivity contribution is -0.172. The Balaban J connectivity index is 1.37. The molecule has 1 aromatic heterocycles. The first-order chi connectivity index (χ1) is 36.0. The van der Waals surface area contributed by atoms with Gasteiger partial charge in [-0.25, -0.2) is 14.6 Å². The largest absolute Gasteiger partial charge is 0.459 e. The van der Waals surface area contributed by atoms with Crippen molar-refractivity contribution in [1.82, 2.24) is 41.7 Å². The zero-order valence-corrected chi connectivity index (χ0v) is 44.4. The minimum absolute atomic E-state index is 0.0389. The van der Waals surface area contributed by atoms with Gasteiger partial charge in [0.15, 0.2) is 0 Å². The lowest BCUT2D eigenvalue weighted by Crippen LogP contribution is -2.61. The minimum Gasteiger partial charge on any atom is -0.459 e. The summed E-state index contributed by atoms with van der Waals surface area (Å²) >= 11 is 0. The van der Waals surface area contributed by atoms with E-state index >= 15 is 0 Å². The van der Waals surface area contributed by atoms with Crippen molar-refractivity contribution in [3.05, 3.63) is 126 Å². The van der Waals surface area contributed by atoms with E-state index in [-0.39, 0.29) is 56.4 Å². The van der Waals surface area contributed by atoms with Gasteiger partial charge in [-0.1, -0.05) is 109 Å². The van der Waals surface area contributed by atoms with Crippen LogP contribution in [0.15, 0.2) is 103 Å². The summed E-state index contributed by atoms with van der Waals surface area (Å²) in [5.41, 5.74) is 4.92. The number of unbranched alkanes of at least 4 members (excludes halogenated alkanes) is 2. The normalized spacial score (nSPS) is 14.1. The molecule has 0 spiro atoms.